The Morgan fingerprint density at radius 2 is 1.88 bits per heavy atom. The lowest BCUT2D eigenvalue weighted by molar-refractivity contribution is -0.134. The van der Waals surface area contributed by atoms with E-state index >= 15 is 0 Å². The maximum atomic E-state index is 12.7. The molecule has 2 saturated heterocycles. The lowest BCUT2D eigenvalue weighted by atomic mass is 10.0. The van der Waals surface area contributed by atoms with E-state index in [1.807, 2.05) is 58.0 Å². The van der Waals surface area contributed by atoms with Gasteiger partial charge in [0, 0.05) is 31.5 Å². The second kappa shape index (κ2) is 7.83. The molecule has 25 heavy (non-hydrogen) atoms. The number of thioether (sulfide) groups is 1. The molecule has 0 radical (unpaired) electrons. The molecule has 1 spiro atoms. The number of hydrogen-bond donors (Lipinski definition) is 0. The summed E-state index contributed by atoms with van der Waals surface area (Å²) >= 11 is 7.77. The van der Waals surface area contributed by atoms with E-state index < -0.39 is 5.38 Å². The van der Waals surface area contributed by atoms with Crippen LogP contribution in [0.25, 0.3) is 6.08 Å². The molecule has 2 aliphatic heterocycles. The smallest absolute Gasteiger partial charge is 0.247 e. The van der Waals surface area contributed by atoms with E-state index in [-0.39, 0.29) is 16.7 Å². The molecule has 2 fully saturated rings. The topological polar surface area (TPSA) is 40.6 Å². The van der Waals surface area contributed by atoms with Gasteiger partial charge in [0.05, 0.1) is 4.87 Å². The van der Waals surface area contributed by atoms with Gasteiger partial charge < -0.3 is 9.80 Å². The van der Waals surface area contributed by atoms with E-state index in [0.717, 1.165) is 30.7 Å². The number of likely N-dealkylation sites (tertiary alicyclic amines) is 1. The molecule has 2 amide bonds. The van der Waals surface area contributed by atoms with Gasteiger partial charge in [0.1, 0.15) is 5.38 Å². The number of carbonyl (C=O) groups excluding carboxylic acids is 2. The molecular formula is C19H23ClN2O2S. The van der Waals surface area contributed by atoms with Gasteiger partial charge in [-0.2, -0.15) is 0 Å². The predicted molar refractivity (Wildman–Crippen MR) is 104 cm³/mol. The van der Waals surface area contributed by atoms with Gasteiger partial charge in [-0.1, -0.05) is 30.3 Å². The molecule has 0 N–H and O–H groups in total. The number of carbonyl (C=O) groups is 2. The highest BCUT2D eigenvalue weighted by atomic mass is 35.5. The van der Waals surface area contributed by atoms with Gasteiger partial charge in [-0.05, 0) is 31.4 Å². The molecule has 0 aromatic heterocycles. The van der Waals surface area contributed by atoms with Crippen LogP contribution in [0.1, 0.15) is 25.3 Å². The zero-order chi connectivity index (χ0) is 17.9. The number of rotatable bonds is 3. The van der Waals surface area contributed by atoms with Crippen LogP contribution in [0.4, 0.5) is 0 Å². The van der Waals surface area contributed by atoms with Crippen molar-refractivity contribution >= 4 is 41.3 Å². The van der Waals surface area contributed by atoms with E-state index in [2.05, 4.69) is 0 Å². The van der Waals surface area contributed by atoms with Crippen LogP contribution in [-0.2, 0) is 9.59 Å². The summed E-state index contributed by atoms with van der Waals surface area (Å²) in [5.41, 5.74) is 1.02. The van der Waals surface area contributed by atoms with Crippen LogP contribution in [0.5, 0.6) is 0 Å². The summed E-state index contributed by atoms with van der Waals surface area (Å²) in [7, 11) is 0. The Balaban J connectivity index is 1.66. The Labute approximate surface area is 158 Å². The van der Waals surface area contributed by atoms with Gasteiger partial charge in [0.15, 0.2) is 0 Å². The van der Waals surface area contributed by atoms with Crippen molar-refractivity contribution in [2.45, 2.75) is 30.0 Å². The Morgan fingerprint density at radius 1 is 1.20 bits per heavy atom. The van der Waals surface area contributed by atoms with E-state index in [1.54, 1.807) is 13.0 Å². The summed E-state index contributed by atoms with van der Waals surface area (Å²) in [5, 5.41) is -0.489. The molecule has 1 unspecified atom stereocenters. The third-order valence-electron chi connectivity index (χ3n) is 4.86. The minimum Gasteiger partial charge on any atom is -0.341 e. The molecule has 0 bridgehead atoms. The van der Waals surface area contributed by atoms with Gasteiger partial charge in [-0.15, -0.1) is 23.4 Å². The molecule has 0 aliphatic carbocycles. The Hall–Kier alpha value is -1.46. The van der Waals surface area contributed by atoms with Crippen LogP contribution in [0.15, 0.2) is 36.4 Å². The van der Waals surface area contributed by atoms with Crippen molar-refractivity contribution in [2.75, 3.05) is 25.4 Å². The van der Waals surface area contributed by atoms with Gasteiger partial charge in [-0.3, -0.25) is 9.59 Å². The highest BCUT2D eigenvalue weighted by molar-refractivity contribution is 8.00. The average Bonchev–Trinajstić information content (AvgIpc) is 3.03. The second-order valence-corrected chi connectivity index (χ2v) is 8.58. The first kappa shape index (κ1) is 18.3. The van der Waals surface area contributed by atoms with Crippen molar-refractivity contribution in [3.8, 4) is 0 Å². The highest BCUT2D eigenvalue weighted by Gasteiger charge is 2.46. The number of alkyl halides is 1. The number of halogens is 1. The summed E-state index contributed by atoms with van der Waals surface area (Å²) in [6.07, 6.45) is 5.14. The Kier molecular flexibility index (Phi) is 5.74. The minimum atomic E-state index is -0.489. The maximum absolute atomic E-state index is 12.7. The fourth-order valence-electron chi connectivity index (χ4n) is 3.48. The van der Waals surface area contributed by atoms with Crippen molar-refractivity contribution in [1.29, 1.82) is 0 Å². The predicted octanol–water partition coefficient (Wildman–Crippen LogP) is 3.22. The third kappa shape index (κ3) is 4.04. The van der Waals surface area contributed by atoms with Crippen molar-refractivity contribution < 1.29 is 9.59 Å². The molecule has 0 saturated carbocycles. The van der Waals surface area contributed by atoms with Crippen LogP contribution < -0.4 is 0 Å². The zero-order valence-corrected chi connectivity index (χ0v) is 15.9. The van der Waals surface area contributed by atoms with E-state index in [4.69, 9.17) is 11.6 Å². The maximum Gasteiger partial charge on any atom is 0.247 e. The van der Waals surface area contributed by atoms with Gasteiger partial charge in [-0.25, -0.2) is 0 Å². The molecule has 1 atom stereocenters. The largest absolute Gasteiger partial charge is 0.341 e. The van der Waals surface area contributed by atoms with E-state index in [9.17, 15) is 9.59 Å². The molecule has 6 heteroatoms. The summed E-state index contributed by atoms with van der Waals surface area (Å²) in [6.45, 7) is 3.80. The van der Waals surface area contributed by atoms with Gasteiger partial charge in [0.25, 0.3) is 0 Å². The average molecular weight is 379 g/mol. The first-order valence-electron chi connectivity index (χ1n) is 8.63. The number of hydrogen-bond acceptors (Lipinski definition) is 3. The van der Waals surface area contributed by atoms with Crippen LogP contribution in [0, 0.1) is 0 Å². The van der Waals surface area contributed by atoms with Crippen LogP contribution in [0.2, 0.25) is 0 Å². The minimum absolute atomic E-state index is 0.0126. The van der Waals surface area contributed by atoms with Crippen molar-refractivity contribution in [1.82, 2.24) is 9.80 Å². The SMILES string of the molecule is CC(Cl)C(=O)N1CCC2(CC1)SCCN2C(=O)/C=C/c1ccccc1. The first-order valence-corrected chi connectivity index (χ1v) is 10.1. The molecule has 1 aromatic carbocycles. The lowest BCUT2D eigenvalue weighted by Crippen LogP contribution is -2.54. The fraction of sp³-hybridized carbons (Fsp3) is 0.474. The van der Waals surface area contributed by atoms with Gasteiger partial charge in [0.2, 0.25) is 11.8 Å². The molecule has 2 heterocycles. The molecule has 2 aliphatic rings. The third-order valence-corrected chi connectivity index (χ3v) is 6.60. The first-order chi connectivity index (χ1) is 12.0. The molecule has 1 aromatic rings. The summed E-state index contributed by atoms with van der Waals surface area (Å²) in [4.78, 5) is 28.4. The van der Waals surface area contributed by atoms with Crippen LogP contribution >= 0.6 is 23.4 Å². The molecule has 134 valence electrons. The van der Waals surface area contributed by atoms with Gasteiger partial charge >= 0.3 is 0 Å². The second-order valence-electron chi connectivity index (χ2n) is 6.47. The molecule has 4 nitrogen and oxygen atoms in total. The summed E-state index contributed by atoms with van der Waals surface area (Å²) < 4.78 is 0. The van der Waals surface area contributed by atoms with E-state index in [0.29, 0.717) is 13.1 Å². The quantitative estimate of drug-likeness (QED) is 0.599. The summed E-state index contributed by atoms with van der Waals surface area (Å²) in [5.74, 6) is 0.991. The Bertz CT molecular complexity index is 655. The van der Waals surface area contributed by atoms with Crippen LogP contribution in [-0.4, -0.2) is 57.2 Å². The molecular weight excluding hydrogens is 356 g/mol. The fourth-order valence-corrected chi connectivity index (χ4v) is 5.08. The number of nitrogens with zero attached hydrogens (tertiary/aromatic N) is 2. The zero-order valence-electron chi connectivity index (χ0n) is 14.4. The highest BCUT2D eigenvalue weighted by Crippen LogP contribution is 2.44. The Morgan fingerprint density at radius 3 is 2.52 bits per heavy atom. The monoisotopic (exact) mass is 378 g/mol. The van der Waals surface area contributed by atoms with E-state index in [1.165, 1.54) is 0 Å². The number of benzene rings is 1. The van der Waals surface area contributed by atoms with Crippen molar-refractivity contribution in [3.05, 3.63) is 42.0 Å². The summed E-state index contributed by atoms with van der Waals surface area (Å²) in [6, 6.07) is 9.84. The lowest BCUT2D eigenvalue weighted by Gasteiger charge is -2.44. The van der Waals surface area contributed by atoms with Crippen molar-refractivity contribution in [2.24, 2.45) is 0 Å². The van der Waals surface area contributed by atoms with Crippen molar-refractivity contribution in [3.63, 3.8) is 0 Å². The standard InChI is InChI=1S/C19H23ClN2O2S/c1-15(20)18(24)21-11-9-19(10-12-21)22(13-14-25-19)17(23)8-7-16-5-3-2-4-6-16/h2-8,15H,9-14H2,1H3/b8-7+. The number of piperidine rings is 1. The van der Waals surface area contributed by atoms with Crippen LogP contribution in [0.3, 0.4) is 0 Å². The normalized spacial score (nSPS) is 21.0. The number of amides is 2. The molecule has 3 rings (SSSR count).